The highest BCUT2D eigenvalue weighted by molar-refractivity contribution is 14.0. The molecular weight excluding hydrogens is 495 g/mol. The van der Waals surface area contributed by atoms with Crippen LogP contribution in [0.25, 0.3) is 0 Å². The van der Waals surface area contributed by atoms with Gasteiger partial charge in [-0.1, -0.05) is 18.2 Å². The molecule has 0 radical (unpaired) electrons. The fourth-order valence-corrected chi connectivity index (χ4v) is 3.81. The van der Waals surface area contributed by atoms with Crippen LogP contribution < -0.4 is 15.5 Å². The zero-order chi connectivity index (χ0) is 20.3. The van der Waals surface area contributed by atoms with Crippen LogP contribution in [0.15, 0.2) is 29.3 Å². The van der Waals surface area contributed by atoms with Gasteiger partial charge in [0.2, 0.25) is 5.91 Å². The van der Waals surface area contributed by atoms with Crippen molar-refractivity contribution in [2.45, 2.75) is 32.1 Å². The molecular formula is C22H35IN4O3. The third kappa shape index (κ3) is 7.70. The van der Waals surface area contributed by atoms with E-state index in [-0.39, 0.29) is 36.4 Å². The summed E-state index contributed by atoms with van der Waals surface area (Å²) in [6.45, 7) is 5.03. The maximum Gasteiger partial charge on any atom is 0.246 e. The second-order valence-corrected chi connectivity index (χ2v) is 7.61. The number of ether oxygens (including phenoxy) is 2. The van der Waals surface area contributed by atoms with Crippen LogP contribution in [0, 0.1) is 5.92 Å². The lowest BCUT2D eigenvalue weighted by Gasteiger charge is -2.29. The highest BCUT2D eigenvalue weighted by Crippen LogP contribution is 2.26. The molecule has 1 aromatic rings. The van der Waals surface area contributed by atoms with E-state index in [1.54, 1.807) is 7.05 Å². The Morgan fingerprint density at radius 1 is 1.27 bits per heavy atom. The molecule has 1 fully saturated rings. The molecule has 7 nitrogen and oxygen atoms in total. The van der Waals surface area contributed by atoms with E-state index >= 15 is 0 Å². The molecule has 2 aliphatic rings. The van der Waals surface area contributed by atoms with Crippen LogP contribution in [0.2, 0.25) is 0 Å². The Labute approximate surface area is 197 Å². The molecule has 1 aromatic carbocycles. The van der Waals surface area contributed by atoms with Crippen LogP contribution in [0.4, 0.5) is 5.69 Å². The van der Waals surface area contributed by atoms with E-state index in [0.29, 0.717) is 11.9 Å². The number of hydrogen-bond donors (Lipinski definition) is 2. The summed E-state index contributed by atoms with van der Waals surface area (Å²) in [6, 6.07) is 8.15. The molecule has 30 heavy (non-hydrogen) atoms. The van der Waals surface area contributed by atoms with E-state index in [2.05, 4.69) is 21.7 Å². The smallest absolute Gasteiger partial charge is 0.246 e. The molecule has 168 valence electrons. The molecule has 0 bridgehead atoms. The predicted molar refractivity (Wildman–Crippen MR) is 131 cm³/mol. The summed E-state index contributed by atoms with van der Waals surface area (Å²) in [6.07, 6.45) is 5.14. The molecule has 2 heterocycles. The summed E-state index contributed by atoms with van der Waals surface area (Å²) in [7, 11) is 1.72. The number of carbonyl (C=O) groups is 1. The fraction of sp³-hybridized carbons (Fsp3) is 0.636. The second-order valence-electron chi connectivity index (χ2n) is 7.61. The fourth-order valence-electron chi connectivity index (χ4n) is 3.81. The summed E-state index contributed by atoms with van der Waals surface area (Å²) in [5.74, 6) is 1.35. The summed E-state index contributed by atoms with van der Waals surface area (Å²) >= 11 is 0. The number of hydrogen-bond acceptors (Lipinski definition) is 4. The number of amides is 1. The van der Waals surface area contributed by atoms with Gasteiger partial charge in [-0.15, -0.1) is 24.0 Å². The molecule has 0 atom stereocenters. The van der Waals surface area contributed by atoms with Crippen LogP contribution in [0.5, 0.6) is 0 Å². The number of aryl methyl sites for hydroxylation is 1. The number of rotatable bonds is 8. The average molecular weight is 530 g/mol. The van der Waals surface area contributed by atoms with Gasteiger partial charge in [0.15, 0.2) is 5.96 Å². The van der Waals surface area contributed by atoms with Crippen molar-refractivity contribution in [2.75, 3.05) is 58.0 Å². The number of halogens is 1. The largest absolute Gasteiger partial charge is 0.381 e. The standard InChI is InChI=1S/C22H34N4O3.HI/c1-23-22(24-11-5-13-29-17-18-9-14-28-15-10-18)25-16-21(27)26-12-4-7-19-6-2-3-8-20(19)26;/h2-3,6,8,18H,4-5,7,9-17H2,1H3,(H2,23,24,25);1H. The third-order valence-corrected chi connectivity index (χ3v) is 5.49. The van der Waals surface area contributed by atoms with Gasteiger partial charge >= 0.3 is 0 Å². The Kier molecular flexibility index (Phi) is 11.5. The van der Waals surface area contributed by atoms with E-state index in [1.165, 1.54) is 5.56 Å². The van der Waals surface area contributed by atoms with Crippen molar-refractivity contribution in [3.05, 3.63) is 29.8 Å². The summed E-state index contributed by atoms with van der Waals surface area (Å²) in [5.41, 5.74) is 2.28. The Balaban J connectivity index is 0.00000320. The van der Waals surface area contributed by atoms with Crippen molar-refractivity contribution in [2.24, 2.45) is 10.9 Å². The Morgan fingerprint density at radius 3 is 2.87 bits per heavy atom. The number of aliphatic imine (C=N–C) groups is 1. The maximum atomic E-state index is 12.7. The lowest BCUT2D eigenvalue weighted by atomic mass is 10.0. The van der Waals surface area contributed by atoms with Crippen molar-refractivity contribution < 1.29 is 14.3 Å². The van der Waals surface area contributed by atoms with Gasteiger partial charge in [-0.05, 0) is 49.7 Å². The van der Waals surface area contributed by atoms with Crippen molar-refractivity contribution in [3.63, 3.8) is 0 Å². The molecule has 0 saturated carbocycles. The number of fused-ring (bicyclic) bond motifs is 1. The molecule has 0 aromatic heterocycles. The van der Waals surface area contributed by atoms with Crippen LogP contribution >= 0.6 is 24.0 Å². The number of para-hydroxylation sites is 1. The third-order valence-electron chi connectivity index (χ3n) is 5.49. The van der Waals surface area contributed by atoms with Gasteiger partial charge in [0, 0.05) is 52.3 Å². The predicted octanol–water partition coefficient (Wildman–Crippen LogP) is 2.58. The number of carbonyl (C=O) groups excluding carboxylic acids is 1. The summed E-state index contributed by atoms with van der Waals surface area (Å²) in [4.78, 5) is 18.8. The minimum Gasteiger partial charge on any atom is -0.381 e. The number of guanidine groups is 1. The highest BCUT2D eigenvalue weighted by Gasteiger charge is 2.22. The lowest BCUT2D eigenvalue weighted by molar-refractivity contribution is -0.117. The first-order valence-electron chi connectivity index (χ1n) is 10.8. The monoisotopic (exact) mass is 530 g/mol. The van der Waals surface area contributed by atoms with Gasteiger partial charge < -0.3 is 25.0 Å². The summed E-state index contributed by atoms with van der Waals surface area (Å²) < 4.78 is 11.1. The van der Waals surface area contributed by atoms with Crippen LogP contribution in [0.1, 0.15) is 31.2 Å². The molecule has 1 saturated heterocycles. The number of nitrogens with one attached hydrogen (secondary N) is 2. The molecule has 0 unspecified atom stereocenters. The minimum absolute atomic E-state index is 0. The molecule has 2 N–H and O–H groups in total. The SMILES string of the molecule is CN=C(NCCCOCC1CCOCC1)NCC(=O)N1CCCc2ccccc21.I. The van der Waals surface area contributed by atoms with Gasteiger partial charge in [-0.2, -0.15) is 0 Å². The molecule has 1 amide bonds. The second kappa shape index (κ2) is 13.8. The van der Waals surface area contributed by atoms with Crippen molar-refractivity contribution in [3.8, 4) is 0 Å². The van der Waals surface area contributed by atoms with E-state index in [0.717, 1.165) is 77.3 Å². The van der Waals surface area contributed by atoms with Gasteiger partial charge in [-0.25, -0.2) is 0 Å². The zero-order valence-corrected chi connectivity index (χ0v) is 20.2. The topological polar surface area (TPSA) is 75.2 Å². The normalized spacial score (nSPS) is 17.1. The first-order valence-corrected chi connectivity index (χ1v) is 10.8. The first-order chi connectivity index (χ1) is 14.3. The maximum absolute atomic E-state index is 12.7. The number of benzene rings is 1. The van der Waals surface area contributed by atoms with Crippen LogP contribution in [-0.4, -0.2) is 65.0 Å². The molecule has 3 rings (SSSR count). The van der Waals surface area contributed by atoms with Crippen molar-refractivity contribution >= 4 is 41.5 Å². The van der Waals surface area contributed by atoms with Crippen LogP contribution in [0.3, 0.4) is 0 Å². The van der Waals surface area contributed by atoms with Gasteiger partial charge in [0.25, 0.3) is 0 Å². The first kappa shape index (κ1) is 24.9. The highest BCUT2D eigenvalue weighted by atomic mass is 127. The van der Waals surface area contributed by atoms with E-state index in [4.69, 9.17) is 9.47 Å². The average Bonchev–Trinajstić information content (AvgIpc) is 2.78. The lowest BCUT2D eigenvalue weighted by Crippen LogP contribution is -2.46. The molecule has 0 aliphatic carbocycles. The van der Waals surface area contributed by atoms with Crippen molar-refractivity contribution in [1.29, 1.82) is 0 Å². The van der Waals surface area contributed by atoms with Gasteiger partial charge in [-0.3, -0.25) is 9.79 Å². The van der Waals surface area contributed by atoms with Crippen molar-refractivity contribution in [1.82, 2.24) is 10.6 Å². The number of anilines is 1. The molecule has 8 heteroatoms. The Morgan fingerprint density at radius 2 is 2.07 bits per heavy atom. The summed E-state index contributed by atoms with van der Waals surface area (Å²) in [5, 5.41) is 6.39. The number of nitrogens with zero attached hydrogens (tertiary/aromatic N) is 2. The van der Waals surface area contributed by atoms with Gasteiger partial charge in [0.1, 0.15) is 0 Å². The van der Waals surface area contributed by atoms with Gasteiger partial charge in [0.05, 0.1) is 6.54 Å². The van der Waals surface area contributed by atoms with E-state index in [9.17, 15) is 4.79 Å². The Bertz CT molecular complexity index is 680. The van der Waals surface area contributed by atoms with Crippen LogP contribution in [-0.2, 0) is 20.7 Å². The van der Waals surface area contributed by atoms with E-state index in [1.807, 2.05) is 23.1 Å². The molecule has 2 aliphatic heterocycles. The zero-order valence-electron chi connectivity index (χ0n) is 17.9. The minimum atomic E-state index is 0. The Hall–Kier alpha value is -1.39. The van der Waals surface area contributed by atoms with E-state index < -0.39 is 0 Å². The quantitative estimate of drug-likeness (QED) is 0.234. The molecule has 0 spiro atoms.